The highest BCUT2D eigenvalue weighted by Gasteiger charge is 2.13. The summed E-state index contributed by atoms with van der Waals surface area (Å²) in [5.41, 5.74) is 16.3. The van der Waals surface area contributed by atoms with E-state index >= 15 is 0 Å². The number of amides is 1. The molecule has 0 rings (SSSR count). The summed E-state index contributed by atoms with van der Waals surface area (Å²) in [6.45, 7) is 3.60. The molecule has 0 aromatic heterocycles. The van der Waals surface area contributed by atoms with Crippen molar-refractivity contribution in [2.24, 2.45) is 23.1 Å². The van der Waals surface area contributed by atoms with E-state index < -0.39 is 6.04 Å². The van der Waals surface area contributed by atoms with Crippen LogP contribution in [0, 0.1) is 11.3 Å². The van der Waals surface area contributed by atoms with Gasteiger partial charge in [0.2, 0.25) is 5.91 Å². The lowest BCUT2D eigenvalue weighted by Crippen LogP contribution is -2.43. The molecule has 0 heterocycles. The van der Waals surface area contributed by atoms with Crippen LogP contribution in [-0.2, 0) is 4.79 Å². The van der Waals surface area contributed by atoms with E-state index in [1.807, 2.05) is 6.92 Å². The largest absolute Gasteiger partial charge is 0.370 e. The average molecular weight is 244 g/mol. The third-order valence-corrected chi connectivity index (χ3v) is 2.37. The molecule has 0 bridgehead atoms. The standard InChI is InChI=1S/C10H24N6O/c1-7(5-11)6-16-9(17)8(12)3-2-4-15-10(13)14/h7-8H,2-6,11-12H2,1H3,(H,16,17)(H4,13,14,15)/t7?,8-/m0/s1. The number of rotatable bonds is 8. The van der Waals surface area contributed by atoms with Crippen molar-refractivity contribution in [3.8, 4) is 0 Å². The van der Waals surface area contributed by atoms with Crippen LogP contribution in [0.2, 0.25) is 0 Å². The molecule has 17 heavy (non-hydrogen) atoms. The summed E-state index contributed by atoms with van der Waals surface area (Å²) in [6.07, 6.45) is 1.25. The average Bonchev–Trinajstić information content (AvgIpc) is 2.30. The Hall–Kier alpha value is -1.34. The van der Waals surface area contributed by atoms with Crippen molar-refractivity contribution < 1.29 is 4.79 Å². The van der Waals surface area contributed by atoms with Crippen molar-refractivity contribution >= 4 is 11.9 Å². The minimum absolute atomic E-state index is 0.0696. The first-order chi connectivity index (χ1) is 7.97. The maximum Gasteiger partial charge on any atom is 0.236 e. The lowest BCUT2D eigenvalue weighted by molar-refractivity contribution is -0.122. The molecule has 2 atom stereocenters. The molecular weight excluding hydrogens is 220 g/mol. The Labute approximate surface area is 102 Å². The molecule has 0 spiro atoms. The van der Waals surface area contributed by atoms with Gasteiger partial charge in [-0.25, -0.2) is 0 Å². The molecule has 1 amide bonds. The monoisotopic (exact) mass is 244 g/mol. The SMILES string of the molecule is CC(CN)CNC(=O)[C@@H](N)CCCNC(=N)N. The Kier molecular flexibility index (Phi) is 8.08. The van der Waals surface area contributed by atoms with Crippen LogP contribution in [0.4, 0.5) is 0 Å². The summed E-state index contributed by atoms with van der Waals surface area (Å²) >= 11 is 0. The Bertz CT molecular complexity index is 245. The van der Waals surface area contributed by atoms with E-state index in [9.17, 15) is 4.79 Å². The van der Waals surface area contributed by atoms with Gasteiger partial charge < -0.3 is 27.8 Å². The van der Waals surface area contributed by atoms with E-state index in [2.05, 4.69) is 10.6 Å². The van der Waals surface area contributed by atoms with Crippen molar-refractivity contribution in [3.05, 3.63) is 0 Å². The van der Waals surface area contributed by atoms with Crippen molar-refractivity contribution in [2.75, 3.05) is 19.6 Å². The lowest BCUT2D eigenvalue weighted by atomic mass is 10.1. The second kappa shape index (κ2) is 8.77. The molecule has 0 saturated carbocycles. The maximum atomic E-state index is 11.5. The molecular formula is C10H24N6O. The highest BCUT2D eigenvalue weighted by molar-refractivity contribution is 5.81. The fraction of sp³-hybridized carbons (Fsp3) is 0.800. The Morgan fingerprint density at radius 3 is 2.59 bits per heavy atom. The maximum absolute atomic E-state index is 11.5. The smallest absolute Gasteiger partial charge is 0.236 e. The third kappa shape index (κ3) is 8.47. The van der Waals surface area contributed by atoms with Gasteiger partial charge in [-0.1, -0.05) is 6.92 Å². The first kappa shape index (κ1) is 15.7. The number of hydrogen-bond acceptors (Lipinski definition) is 4. The summed E-state index contributed by atoms with van der Waals surface area (Å²) in [6, 6.07) is -0.520. The van der Waals surface area contributed by atoms with Gasteiger partial charge in [-0.2, -0.15) is 0 Å². The minimum atomic E-state index is -0.520. The highest BCUT2D eigenvalue weighted by atomic mass is 16.2. The zero-order chi connectivity index (χ0) is 13.3. The Balaban J connectivity index is 3.63. The molecule has 7 heteroatoms. The molecule has 0 aliphatic heterocycles. The summed E-state index contributed by atoms with van der Waals surface area (Å²) in [5, 5.41) is 12.4. The van der Waals surface area contributed by atoms with Gasteiger partial charge in [0.05, 0.1) is 6.04 Å². The van der Waals surface area contributed by atoms with E-state index in [0.717, 1.165) is 0 Å². The summed E-state index contributed by atoms with van der Waals surface area (Å²) in [4.78, 5) is 11.5. The van der Waals surface area contributed by atoms with E-state index in [1.165, 1.54) is 0 Å². The van der Waals surface area contributed by atoms with Gasteiger partial charge in [-0.05, 0) is 25.3 Å². The number of nitrogens with two attached hydrogens (primary N) is 3. The van der Waals surface area contributed by atoms with Gasteiger partial charge in [-0.3, -0.25) is 10.2 Å². The normalized spacial score (nSPS) is 13.8. The summed E-state index contributed by atoms with van der Waals surface area (Å²) in [7, 11) is 0. The molecule has 0 aromatic rings. The van der Waals surface area contributed by atoms with Crippen LogP contribution in [0.1, 0.15) is 19.8 Å². The summed E-state index contributed by atoms with van der Waals surface area (Å²) in [5.74, 6) is 0.0263. The third-order valence-electron chi connectivity index (χ3n) is 2.37. The van der Waals surface area contributed by atoms with Gasteiger partial charge >= 0.3 is 0 Å². The van der Waals surface area contributed by atoms with Crippen LogP contribution < -0.4 is 27.8 Å². The molecule has 0 radical (unpaired) electrons. The second-order valence-corrected chi connectivity index (χ2v) is 4.18. The van der Waals surface area contributed by atoms with Crippen LogP contribution in [0.25, 0.3) is 0 Å². The molecule has 0 fully saturated rings. The summed E-state index contributed by atoms with van der Waals surface area (Å²) < 4.78 is 0. The van der Waals surface area contributed by atoms with E-state index in [0.29, 0.717) is 32.5 Å². The minimum Gasteiger partial charge on any atom is -0.370 e. The molecule has 1 unspecified atom stereocenters. The van der Waals surface area contributed by atoms with Gasteiger partial charge in [0, 0.05) is 13.1 Å². The topological polar surface area (TPSA) is 143 Å². The Morgan fingerprint density at radius 2 is 2.06 bits per heavy atom. The van der Waals surface area contributed by atoms with E-state index in [4.69, 9.17) is 22.6 Å². The molecule has 0 aromatic carbocycles. The lowest BCUT2D eigenvalue weighted by Gasteiger charge is -2.14. The zero-order valence-corrected chi connectivity index (χ0v) is 10.3. The fourth-order valence-corrected chi connectivity index (χ4v) is 1.17. The van der Waals surface area contributed by atoms with Gasteiger partial charge in [0.1, 0.15) is 0 Å². The highest BCUT2D eigenvalue weighted by Crippen LogP contribution is 1.95. The first-order valence-corrected chi connectivity index (χ1v) is 5.78. The number of hydrogen-bond donors (Lipinski definition) is 6. The zero-order valence-electron chi connectivity index (χ0n) is 10.3. The predicted molar refractivity (Wildman–Crippen MR) is 68.4 cm³/mol. The van der Waals surface area contributed by atoms with E-state index in [-0.39, 0.29) is 17.8 Å². The predicted octanol–water partition coefficient (Wildman–Crippen LogP) is -1.71. The van der Waals surface area contributed by atoms with Crippen molar-refractivity contribution in [3.63, 3.8) is 0 Å². The Morgan fingerprint density at radius 1 is 1.41 bits per heavy atom. The molecule has 0 aliphatic carbocycles. The van der Waals surface area contributed by atoms with Crippen molar-refractivity contribution in [2.45, 2.75) is 25.8 Å². The van der Waals surface area contributed by atoms with Gasteiger partial charge in [0.25, 0.3) is 0 Å². The fourth-order valence-electron chi connectivity index (χ4n) is 1.17. The van der Waals surface area contributed by atoms with Crippen LogP contribution in [0.5, 0.6) is 0 Å². The number of carbonyl (C=O) groups is 1. The van der Waals surface area contributed by atoms with Gasteiger partial charge in [0.15, 0.2) is 5.96 Å². The van der Waals surface area contributed by atoms with E-state index in [1.54, 1.807) is 0 Å². The molecule has 0 aliphatic rings. The number of guanidine groups is 1. The van der Waals surface area contributed by atoms with Crippen molar-refractivity contribution in [1.82, 2.24) is 10.6 Å². The van der Waals surface area contributed by atoms with Crippen LogP contribution >= 0.6 is 0 Å². The second-order valence-electron chi connectivity index (χ2n) is 4.18. The van der Waals surface area contributed by atoms with Crippen LogP contribution in [0.3, 0.4) is 0 Å². The number of carbonyl (C=O) groups excluding carboxylic acids is 1. The molecule has 9 N–H and O–H groups in total. The van der Waals surface area contributed by atoms with Crippen molar-refractivity contribution in [1.29, 1.82) is 5.41 Å². The van der Waals surface area contributed by atoms with Crippen LogP contribution in [0.15, 0.2) is 0 Å². The van der Waals surface area contributed by atoms with Gasteiger partial charge in [-0.15, -0.1) is 0 Å². The number of nitrogens with one attached hydrogen (secondary N) is 3. The first-order valence-electron chi connectivity index (χ1n) is 5.78. The molecule has 100 valence electrons. The molecule has 7 nitrogen and oxygen atoms in total. The van der Waals surface area contributed by atoms with Crippen LogP contribution in [-0.4, -0.2) is 37.5 Å². The molecule has 0 saturated heterocycles. The quantitative estimate of drug-likeness (QED) is 0.171.